The second kappa shape index (κ2) is 6.65. The Hall–Kier alpha value is -1.02. The number of phenols is 1. The molecule has 1 rings (SSSR count). The fourth-order valence-electron chi connectivity index (χ4n) is 2.55. The number of hydrogen-bond donors (Lipinski definition) is 1. The molecule has 0 spiro atoms. The number of nitrogens with zero attached hydrogens (tertiary/aromatic N) is 1. The van der Waals surface area contributed by atoms with Crippen LogP contribution in [0.25, 0.3) is 0 Å². The summed E-state index contributed by atoms with van der Waals surface area (Å²) in [5.74, 6) is 1.52. The lowest BCUT2D eigenvalue weighted by Crippen LogP contribution is -2.24. The molecule has 0 saturated carbocycles. The zero-order chi connectivity index (χ0) is 12.8. The topological polar surface area (TPSA) is 23.5 Å². The highest BCUT2D eigenvalue weighted by Crippen LogP contribution is 2.31. The molecule has 1 aromatic carbocycles. The van der Waals surface area contributed by atoms with Crippen molar-refractivity contribution < 1.29 is 5.11 Å². The number of phenolic OH excluding ortho intramolecular Hbond substituents is 1. The minimum absolute atomic E-state index is 0.376. The standard InChI is InChI=1S/C15H25NO/c1-5-7-15(12(2)11-16(3)4)13-8-6-9-14(17)10-13/h6,8-10,12,15,17H,5,7,11H2,1-4H3/t12-,15+/m0/s1. The van der Waals surface area contributed by atoms with Crippen molar-refractivity contribution in [2.75, 3.05) is 20.6 Å². The van der Waals surface area contributed by atoms with E-state index in [1.165, 1.54) is 18.4 Å². The Labute approximate surface area is 105 Å². The van der Waals surface area contributed by atoms with E-state index in [9.17, 15) is 5.11 Å². The highest BCUT2D eigenvalue weighted by molar-refractivity contribution is 5.30. The average Bonchev–Trinajstić information content (AvgIpc) is 2.24. The molecule has 0 saturated heterocycles. The van der Waals surface area contributed by atoms with E-state index in [2.05, 4.69) is 38.9 Å². The number of benzene rings is 1. The molecule has 0 aliphatic heterocycles. The first kappa shape index (κ1) is 14.0. The van der Waals surface area contributed by atoms with Crippen LogP contribution in [0, 0.1) is 5.92 Å². The summed E-state index contributed by atoms with van der Waals surface area (Å²) in [6, 6.07) is 7.72. The molecule has 0 aliphatic carbocycles. The summed E-state index contributed by atoms with van der Waals surface area (Å²) >= 11 is 0. The zero-order valence-corrected chi connectivity index (χ0v) is 11.5. The lowest BCUT2D eigenvalue weighted by atomic mass is 9.83. The van der Waals surface area contributed by atoms with E-state index in [0.717, 1.165) is 6.54 Å². The highest BCUT2D eigenvalue weighted by atomic mass is 16.3. The molecule has 0 amide bonds. The Balaban J connectivity index is 2.84. The molecule has 0 bridgehead atoms. The zero-order valence-electron chi connectivity index (χ0n) is 11.5. The summed E-state index contributed by atoms with van der Waals surface area (Å²) in [5.41, 5.74) is 1.27. The minimum Gasteiger partial charge on any atom is -0.508 e. The molecule has 2 heteroatoms. The van der Waals surface area contributed by atoms with Gasteiger partial charge in [0.1, 0.15) is 5.75 Å². The lowest BCUT2D eigenvalue weighted by molar-refractivity contribution is 0.297. The van der Waals surface area contributed by atoms with E-state index in [-0.39, 0.29) is 0 Å². The van der Waals surface area contributed by atoms with Crippen molar-refractivity contribution >= 4 is 0 Å². The van der Waals surface area contributed by atoms with E-state index in [1.807, 2.05) is 12.1 Å². The second-order valence-corrected chi connectivity index (χ2v) is 5.23. The minimum atomic E-state index is 0.376. The van der Waals surface area contributed by atoms with Crippen molar-refractivity contribution in [2.24, 2.45) is 5.92 Å². The van der Waals surface area contributed by atoms with Crippen LogP contribution in [0.5, 0.6) is 5.75 Å². The summed E-state index contributed by atoms with van der Waals surface area (Å²) in [6.07, 6.45) is 2.36. The first-order valence-corrected chi connectivity index (χ1v) is 6.48. The van der Waals surface area contributed by atoms with E-state index >= 15 is 0 Å². The molecule has 0 radical (unpaired) electrons. The Morgan fingerprint density at radius 1 is 1.29 bits per heavy atom. The molecular weight excluding hydrogens is 210 g/mol. The predicted octanol–water partition coefficient (Wildman–Crippen LogP) is 3.47. The van der Waals surface area contributed by atoms with Gasteiger partial charge in [0.15, 0.2) is 0 Å². The van der Waals surface area contributed by atoms with Crippen LogP contribution in [-0.2, 0) is 0 Å². The Morgan fingerprint density at radius 2 is 2.00 bits per heavy atom. The maximum absolute atomic E-state index is 9.58. The maximum atomic E-state index is 9.58. The van der Waals surface area contributed by atoms with Crippen LogP contribution in [0.15, 0.2) is 24.3 Å². The predicted molar refractivity (Wildman–Crippen MR) is 73.5 cm³/mol. The quantitative estimate of drug-likeness (QED) is 0.816. The van der Waals surface area contributed by atoms with Crippen molar-refractivity contribution in [3.05, 3.63) is 29.8 Å². The van der Waals surface area contributed by atoms with Crippen molar-refractivity contribution in [2.45, 2.75) is 32.6 Å². The van der Waals surface area contributed by atoms with Crippen molar-refractivity contribution in [1.29, 1.82) is 0 Å². The van der Waals surface area contributed by atoms with Gasteiger partial charge in [-0.3, -0.25) is 0 Å². The number of rotatable bonds is 6. The summed E-state index contributed by atoms with van der Waals surface area (Å²) < 4.78 is 0. The van der Waals surface area contributed by atoms with Crippen molar-refractivity contribution in [3.63, 3.8) is 0 Å². The van der Waals surface area contributed by atoms with E-state index in [0.29, 0.717) is 17.6 Å². The first-order chi connectivity index (χ1) is 8.04. The molecule has 0 aromatic heterocycles. The molecule has 0 aliphatic rings. The van der Waals surface area contributed by atoms with Crippen LogP contribution in [0.4, 0.5) is 0 Å². The molecule has 2 nitrogen and oxygen atoms in total. The summed E-state index contributed by atoms with van der Waals surface area (Å²) in [7, 11) is 4.23. The van der Waals surface area contributed by atoms with E-state index in [1.54, 1.807) is 6.07 Å². The maximum Gasteiger partial charge on any atom is 0.115 e. The normalized spacial score (nSPS) is 14.9. The van der Waals surface area contributed by atoms with Gasteiger partial charge in [0.05, 0.1) is 0 Å². The molecule has 0 fully saturated rings. The van der Waals surface area contributed by atoms with Gasteiger partial charge >= 0.3 is 0 Å². The van der Waals surface area contributed by atoms with Gasteiger partial charge in [0.25, 0.3) is 0 Å². The number of hydrogen-bond acceptors (Lipinski definition) is 2. The molecule has 17 heavy (non-hydrogen) atoms. The molecule has 96 valence electrons. The third-order valence-corrected chi connectivity index (χ3v) is 3.24. The Morgan fingerprint density at radius 3 is 2.53 bits per heavy atom. The van der Waals surface area contributed by atoms with Gasteiger partial charge in [-0.1, -0.05) is 32.4 Å². The monoisotopic (exact) mass is 235 g/mol. The lowest BCUT2D eigenvalue weighted by Gasteiger charge is -2.26. The fourth-order valence-corrected chi connectivity index (χ4v) is 2.55. The Kier molecular flexibility index (Phi) is 5.49. The fraction of sp³-hybridized carbons (Fsp3) is 0.600. The summed E-state index contributed by atoms with van der Waals surface area (Å²) in [6.45, 7) is 5.60. The van der Waals surface area contributed by atoms with Crippen LogP contribution < -0.4 is 0 Å². The third kappa shape index (κ3) is 4.39. The molecule has 0 unspecified atom stereocenters. The second-order valence-electron chi connectivity index (χ2n) is 5.23. The van der Waals surface area contributed by atoms with Gasteiger partial charge in [-0.2, -0.15) is 0 Å². The molecular formula is C15H25NO. The average molecular weight is 235 g/mol. The van der Waals surface area contributed by atoms with Gasteiger partial charge in [-0.05, 0) is 50.0 Å². The highest BCUT2D eigenvalue weighted by Gasteiger charge is 2.19. The molecule has 2 atom stereocenters. The van der Waals surface area contributed by atoms with Crippen LogP contribution in [0.1, 0.15) is 38.2 Å². The molecule has 1 aromatic rings. The smallest absolute Gasteiger partial charge is 0.115 e. The summed E-state index contributed by atoms with van der Waals surface area (Å²) in [5, 5.41) is 9.58. The van der Waals surface area contributed by atoms with Crippen molar-refractivity contribution in [1.82, 2.24) is 4.90 Å². The van der Waals surface area contributed by atoms with Crippen LogP contribution >= 0.6 is 0 Å². The van der Waals surface area contributed by atoms with Crippen LogP contribution in [0.3, 0.4) is 0 Å². The van der Waals surface area contributed by atoms with Gasteiger partial charge < -0.3 is 10.0 Å². The number of aromatic hydroxyl groups is 1. The Bertz CT molecular complexity index is 335. The van der Waals surface area contributed by atoms with Gasteiger partial charge in [-0.25, -0.2) is 0 Å². The molecule has 1 N–H and O–H groups in total. The van der Waals surface area contributed by atoms with Gasteiger partial charge in [0, 0.05) is 6.54 Å². The van der Waals surface area contributed by atoms with Gasteiger partial charge in [0.2, 0.25) is 0 Å². The van der Waals surface area contributed by atoms with Crippen LogP contribution in [-0.4, -0.2) is 30.6 Å². The van der Waals surface area contributed by atoms with E-state index < -0.39 is 0 Å². The van der Waals surface area contributed by atoms with Crippen LogP contribution in [0.2, 0.25) is 0 Å². The SMILES string of the molecule is CCC[C@@H](c1cccc(O)c1)[C@@H](C)CN(C)C. The molecule has 0 heterocycles. The largest absolute Gasteiger partial charge is 0.508 e. The van der Waals surface area contributed by atoms with Gasteiger partial charge in [-0.15, -0.1) is 0 Å². The first-order valence-electron chi connectivity index (χ1n) is 6.48. The third-order valence-electron chi connectivity index (χ3n) is 3.24. The van der Waals surface area contributed by atoms with E-state index in [4.69, 9.17) is 0 Å². The van der Waals surface area contributed by atoms with Crippen molar-refractivity contribution in [3.8, 4) is 5.75 Å². The summed E-state index contributed by atoms with van der Waals surface area (Å²) in [4.78, 5) is 2.23.